The summed E-state index contributed by atoms with van der Waals surface area (Å²) in [6.07, 6.45) is 8.61. The Hall–Kier alpha value is -3.84. The van der Waals surface area contributed by atoms with E-state index in [4.69, 9.17) is 13.9 Å². The van der Waals surface area contributed by atoms with Crippen LogP contribution in [0.5, 0.6) is 5.75 Å². The molecule has 1 aromatic heterocycles. The third-order valence-electron chi connectivity index (χ3n) is 5.39. The molecule has 3 aromatic rings. The van der Waals surface area contributed by atoms with E-state index < -0.39 is 17.9 Å². The second-order valence-electron chi connectivity index (χ2n) is 7.73. The molecule has 2 N–H and O–H groups in total. The van der Waals surface area contributed by atoms with Crippen LogP contribution in [-0.4, -0.2) is 36.7 Å². The summed E-state index contributed by atoms with van der Waals surface area (Å²) in [5, 5.41) is 12.6. The van der Waals surface area contributed by atoms with Crippen LogP contribution in [0.25, 0.3) is 16.5 Å². The molecule has 1 heterocycles. The molecule has 2 aromatic carbocycles. The lowest BCUT2D eigenvalue weighted by molar-refractivity contribution is -0.141. The van der Waals surface area contributed by atoms with Crippen molar-refractivity contribution in [2.45, 2.75) is 25.5 Å². The van der Waals surface area contributed by atoms with Crippen LogP contribution < -0.4 is 10.1 Å². The fraction of sp³-hybridized carbons (Fsp3) is 0.231. The molecule has 7 heteroatoms. The summed E-state index contributed by atoms with van der Waals surface area (Å²) in [4.78, 5) is 24.2. The van der Waals surface area contributed by atoms with Gasteiger partial charge in [0.1, 0.15) is 11.3 Å². The summed E-state index contributed by atoms with van der Waals surface area (Å²) in [5.74, 6) is -1.16. The highest BCUT2D eigenvalue weighted by Gasteiger charge is 2.23. The third-order valence-corrected chi connectivity index (χ3v) is 5.39. The molecular weight excluding hydrogens is 422 g/mol. The minimum absolute atomic E-state index is 0.0196. The van der Waals surface area contributed by atoms with Crippen LogP contribution in [0.2, 0.25) is 0 Å². The SMILES string of the molecule is COc1ccc2oc(C(=O)N[C@@H](COCc3ccc(C4=CCCC=C4)cc3)C(=O)O)cc2c1. The van der Waals surface area contributed by atoms with E-state index in [1.165, 1.54) is 5.57 Å². The number of furan rings is 1. The minimum atomic E-state index is -1.21. The third kappa shape index (κ3) is 5.51. The number of hydrogen-bond donors (Lipinski definition) is 2. The number of ether oxygens (including phenoxy) is 2. The van der Waals surface area contributed by atoms with Gasteiger partial charge in [0.15, 0.2) is 11.8 Å². The first-order valence-corrected chi connectivity index (χ1v) is 10.7. The fourth-order valence-corrected chi connectivity index (χ4v) is 3.58. The lowest BCUT2D eigenvalue weighted by Gasteiger charge is -2.14. The normalized spacial score (nSPS) is 14.0. The van der Waals surface area contributed by atoms with E-state index in [1.807, 2.05) is 24.3 Å². The zero-order valence-electron chi connectivity index (χ0n) is 18.2. The molecule has 0 unspecified atom stereocenters. The Morgan fingerprint density at radius 1 is 1.12 bits per heavy atom. The Bertz CT molecular complexity index is 1210. The number of fused-ring (bicyclic) bond motifs is 1. The summed E-state index contributed by atoms with van der Waals surface area (Å²) in [6, 6.07) is 13.4. The largest absolute Gasteiger partial charge is 0.497 e. The average molecular weight is 447 g/mol. The molecule has 1 aliphatic rings. The van der Waals surface area contributed by atoms with Crippen molar-refractivity contribution in [1.29, 1.82) is 0 Å². The Kier molecular flexibility index (Phi) is 6.90. The number of amides is 1. The van der Waals surface area contributed by atoms with Gasteiger partial charge < -0.3 is 24.3 Å². The number of carbonyl (C=O) groups excluding carboxylic acids is 1. The Morgan fingerprint density at radius 2 is 1.94 bits per heavy atom. The minimum Gasteiger partial charge on any atom is -0.497 e. The van der Waals surface area contributed by atoms with Crippen LogP contribution in [0.4, 0.5) is 0 Å². The fourth-order valence-electron chi connectivity index (χ4n) is 3.58. The summed E-state index contributed by atoms with van der Waals surface area (Å²) >= 11 is 0. The van der Waals surface area contributed by atoms with Crippen LogP contribution >= 0.6 is 0 Å². The maximum atomic E-state index is 12.5. The van der Waals surface area contributed by atoms with Crippen molar-refractivity contribution in [3.05, 3.63) is 83.6 Å². The molecule has 0 saturated heterocycles. The lowest BCUT2D eigenvalue weighted by Crippen LogP contribution is -2.43. The van der Waals surface area contributed by atoms with Crippen LogP contribution in [-0.2, 0) is 16.1 Å². The number of carbonyl (C=O) groups is 2. The number of nitrogens with one attached hydrogen (secondary N) is 1. The highest BCUT2D eigenvalue weighted by atomic mass is 16.5. The second kappa shape index (κ2) is 10.2. The van der Waals surface area contributed by atoms with Crippen molar-refractivity contribution >= 4 is 28.4 Å². The molecule has 0 bridgehead atoms. The van der Waals surface area contributed by atoms with Crippen molar-refractivity contribution in [3.63, 3.8) is 0 Å². The van der Waals surface area contributed by atoms with Gasteiger partial charge >= 0.3 is 5.97 Å². The van der Waals surface area contributed by atoms with Crippen LogP contribution in [0, 0.1) is 0 Å². The van der Waals surface area contributed by atoms with E-state index in [9.17, 15) is 14.7 Å². The van der Waals surface area contributed by atoms with Gasteiger partial charge in [0.2, 0.25) is 0 Å². The Labute approximate surface area is 191 Å². The standard InChI is InChI=1S/C26H25NO6/c1-31-21-11-12-23-20(13-21)14-24(33-23)25(28)27-22(26(29)30)16-32-15-17-7-9-19(10-8-17)18-5-3-2-4-6-18/h3,5-14,22H,2,4,15-16H2,1H3,(H,27,28)(H,29,30)/t22-/m0/s1. The van der Waals surface area contributed by atoms with Gasteiger partial charge in [-0.1, -0.05) is 42.5 Å². The first kappa shape index (κ1) is 22.4. The highest BCUT2D eigenvalue weighted by Crippen LogP contribution is 2.24. The number of methoxy groups -OCH3 is 1. The molecule has 0 aliphatic heterocycles. The topological polar surface area (TPSA) is 98.0 Å². The zero-order valence-corrected chi connectivity index (χ0v) is 18.2. The van der Waals surface area contributed by atoms with E-state index in [-0.39, 0.29) is 19.0 Å². The van der Waals surface area contributed by atoms with E-state index >= 15 is 0 Å². The zero-order chi connectivity index (χ0) is 23.2. The van der Waals surface area contributed by atoms with Crippen molar-refractivity contribution in [2.75, 3.05) is 13.7 Å². The monoisotopic (exact) mass is 447 g/mol. The molecule has 170 valence electrons. The van der Waals surface area contributed by atoms with Gasteiger partial charge in [-0.25, -0.2) is 4.79 Å². The molecule has 1 amide bonds. The lowest BCUT2D eigenvalue weighted by atomic mass is 9.99. The summed E-state index contributed by atoms with van der Waals surface area (Å²) in [5.41, 5.74) is 3.76. The number of aliphatic carboxylic acids is 1. The number of carboxylic acid groups (broad SMARTS) is 1. The molecule has 1 aliphatic carbocycles. The predicted molar refractivity (Wildman–Crippen MR) is 124 cm³/mol. The number of hydrogen-bond acceptors (Lipinski definition) is 5. The van der Waals surface area contributed by atoms with E-state index in [0.29, 0.717) is 16.7 Å². The summed E-state index contributed by atoms with van der Waals surface area (Å²) in [7, 11) is 1.55. The van der Waals surface area contributed by atoms with Crippen LogP contribution in [0.3, 0.4) is 0 Å². The van der Waals surface area contributed by atoms with Crippen molar-refractivity contribution in [1.82, 2.24) is 5.32 Å². The van der Waals surface area contributed by atoms with Gasteiger partial charge in [0.25, 0.3) is 5.91 Å². The molecule has 0 spiro atoms. The highest BCUT2D eigenvalue weighted by molar-refractivity contribution is 5.98. The van der Waals surface area contributed by atoms with Crippen molar-refractivity contribution in [2.24, 2.45) is 0 Å². The second-order valence-corrected chi connectivity index (χ2v) is 7.73. The summed E-state index contributed by atoms with van der Waals surface area (Å²) < 4.78 is 16.3. The molecular formula is C26H25NO6. The Morgan fingerprint density at radius 3 is 2.64 bits per heavy atom. The smallest absolute Gasteiger partial charge is 0.328 e. The molecule has 0 fully saturated rings. The van der Waals surface area contributed by atoms with Crippen molar-refractivity contribution < 1.29 is 28.6 Å². The number of benzene rings is 2. The van der Waals surface area contributed by atoms with Gasteiger partial charge in [-0.2, -0.15) is 0 Å². The maximum Gasteiger partial charge on any atom is 0.328 e. The average Bonchev–Trinajstić information content (AvgIpc) is 3.28. The van der Waals surface area contributed by atoms with Gasteiger partial charge in [0, 0.05) is 5.39 Å². The number of rotatable bonds is 9. The van der Waals surface area contributed by atoms with Crippen LogP contribution in [0.1, 0.15) is 34.5 Å². The maximum absolute atomic E-state index is 12.5. The molecule has 1 atom stereocenters. The van der Waals surface area contributed by atoms with Crippen molar-refractivity contribution in [3.8, 4) is 5.75 Å². The van der Waals surface area contributed by atoms with Gasteiger partial charge in [-0.15, -0.1) is 0 Å². The number of allylic oxidation sites excluding steroid dienone is 4. The van der Waals surface area contributed by atoms with E-state index in [0.717, 1.165) is 24.0 Å². The molecule has 0 radical (unpaired) electrons. The molecule has 33 heavy (non-hydrogen) atoms. The van der Waals surface area contributed by atoms with E-state index in [2.05, 4.69) is 23.5 Å². The number of carboxylic acids is 1. The molecule has 4 rings (SSSR count). The quantitative estimate of drug-likeness (QED) is 0.499. The first-order valence-electron chi connectivity index (χ1n) is 10.7. The molecule has 0 saturated carbocycles. The predicted octanol–water partition coefficient (Wildman–Crippen LogP) is 4.57. The molecule has 7 nitrogen and oxygen atoms in total. The van der Waals surface area contributed by atoms with Gasteiger partial charge in [-0.3, -0.25) is 4.79 Å². The van der Waals surface area contributed by atoms with E-state index in [1.54, 1.807) is 31.4 Å². The first-order chi connectivity index (χ1) is 16.0. The Balaban J connectivity index is 1.33. The van der Waals surface area contributed by atoms with Gasteiger partial charge in [0.05, 0.1) is 20.3 Å². The van der Waals surface area contributed by atoms with Crippen LogP contribution in [0.15, 0.2) is 71.2 Å². The summed E-state index contributed by atoms with van der Waals surface area (Å²) in [6.45, 7) is 0.0595. The van der Waals surface area contributed by atoms with Gasteiger partial charge in [-0.05, 0) is 53.8 Å².